The Labute approximate surface area is 194 Å². The minimum atomic E-state index is -0.685. The number of benzene rings is 2. The number of anilines is 1. The lowest BCUT2D eigenvalue weighted by molar-refractivity contribution is -0.136. The lowest BCUT2D eigenvalue weighted by atomic mass is 10.1. The van der Waals surface area contributed by atoms with Crippen LogP contribution in [0, 0.1) is 0 Å². The number of amides is 1. The van der Waals surface area contributed by atoms with Crippen LogP contribution in [0.4, 0.5) is 5.69 Å². The summed E-state index contributed by atoms with van der Waals surface area (Å²) in [4.78, 5) is 15.5. The van der Waals surface area contributed by atoms with Crippen molar-refractivity contribution in [2.24, 2.45) is 0 Å². The third-order valence-corrected chi connectivity index (χ3v) is 6.47. The first-order valence-corrected chi connectivity index (χ1v) is 11.5. The Bertz CT molecular complexity index is 1090. The number of nitrogens with zero attached hydrogens (tertiary/aromatic N) is 3. The molecule has 2 aliphatic heterocycles. The minimum Gasteiger partial charge on any atom is -0.368 e. The highest BCUT2D eigenvalue weighted by atomic mass is 16.5. The molecule has 1 N–H and O–H groups in total. The van der Waals surface area contributed by atoms with Crippen LogP contribution in [0.1, 0.15) is 30.7 Å². The first-order valence-electron chi connectivity index (χ1n) is 11.5. The quantitative estimate of drug-likeness (QED) is 0.603. The van der Waals surface area contributed by atoms with E-state index < -0.39 is 12.2 Å². The third kappa shape index (κ3) is 4.44. The molecule has 33 heavy (non-hydrogen) atoms. The zero-order chi connectivity index (χ0) is 22.8. The zero-order valence-electron chi connectivity index (χ0n) is 19.1. The fourth-order valence-electron chi connectivity index (χ4n) is 4.67. The Balaban J connectivity index is 1.40. The van der Waals surface area contributed by atoms with Crippen LogP contribution < -0.4 is 10.2 Å². The average molecular weight is 447 g/mol. The van der Waals surface area contributed by atoms with E-state index in [0.29, 0.717) is 25.8 Å². The molecule has 172 valence electrons. The SMILES string of the molecule is C[C@@H]1[C@@H](OCc2ccccc2)[C@H](OCc2ccccc2)C(=O)N1c1cnn2c1CN[C@@H](C)C2. The number of nitrogens with one attached hydrogen (secondary N) is 1. The van der Waals surface area contributed by atoms with Crippen LogP contribution in [0.5, 0.6) is 0 Å². The van der Waals surface area contributed by atoms with Crippen molar-refractivity contribution in [1.29, 1.82) is 0 Å². The summed E-state index contributed by atoms with van der Waals surface area (Å²) in [6, 6.07) is 20.1. The van der Waals surface area contributed by atoms with Gasteiger partial charge in [-0.1, -0.05) is 60.7 Å². The molecular formula is C26H30N4O3. The second-order valence-corrected chi connectivity index (χ2v) is 8.87. The Hall–Kier alpha value is -3.00. The van der Waals surface area contributed by atoms with Gasteiger partial charge in [-0.25, -0.2) is 0 Å². The first-order chi connectivity index (χ1) is 16.1. The van der Waals surface area contributed by atoms with Gasteiger partial charge in [-0.3, -0.25) is 9.48 Å². The molecule has 2 aliphatic rings. The zero-order valence-corrected chi connectivity index (χ0v) is 19.1. The highest BCUT2D eigenvalue weighted by molar-refractivity contribution is 6.00. The number of hydrogen-bond acceptors (Lipinski definition) is 5. The van der Waals surface area contributed by atoms with Gasteiger partial charge in [0.25, 0.3) is 5.91 Å². The van der Waals surface area contributed by atoms with E-state index >= 15 is 0 Å². The standard InChI is InChI=1S/C26H30N4O3/c1-18-15-29-22(13-27-18)23(14-28-29)30-19(2)24(32-16-20-9-5-3-6-10-20)25(26(30)31)33-17-21-11-7-4-8-12-21/h3-12,14,18-19,24-25,27H,13,15-17H2,1-2H3/t18-,19+,24+,25-/m0/s1. The van der Waals surface area contributed by atoms with Crippen LogP contribution in [0.25, 0.3) is 0 Å². The summed E-state index contributed by atoms with van der Waals surface area (Å²) in [7, 11) is 0. The molecule has 1 saturated heterocycles. The highest BCUT2D eigenvalue weighted by Crippen LogP contribution is 2.34. The van der Waals surface area contributed by atoms with E-state index in [9.17, 15) is 4.79 Å². The van der Waals surface area contributed by atoms with Crippen molar-refractivity contribution in [3.63, 3.8) is 0 Å². The van der Waals surface area contributed by atoms with Crippen LogP contribution in [-0.4, -0.2) is 40.0 Å². The minimum absolute atomic E-state index is 0.0779. The van der Waals surface area contributed by atoms with Gasteiger partial charge >= 0.3 is 0 Å². The van der Waals surface area contributed by atoms with Crippen LogP contribution in [0.15, 0.2) is 66.9 Å². The summed E-state index contributed by atoms with van der Waals surface area (Å²) >= 11 is 0. The number of carbonyl (C=O) groups is 1. The molecule has 3 heterocycles. The van der Waals surface area contributed by atoms with E-state index in [1.807, 2.05) is 77.2 Å². The van der Waals surface area contributed by atoms with Gasteiger partial charge in [0.05, 0.1) is 43.4 Å². The van der Waals surface area contributed by atoms with E-state index in [2.05, 4.69) is 17.3 Å². The Morgan fingerprint density at radius 1 is 0.970 bits per heavy atom. The molecule has 7 heteroatoms. The predicted molar refractivity (Wildman–Crippen MR) is 126 cm³/mol. The molecule has 7 nitrogen and oxygen atoms in total. The van der Waals surface area contributed by atoms with E-state index in [0.717, 1.165) is 29.1 Å². The second kappa shape index (κ2) is 9.47. The van der Waals surface area contributed by atoms with E-state index in [-0.39, 0.29) is 11.9 Å². The summed E-state index contributed by atoms with van der Waals surface area (Å²) in [6.45, 7) is 6.41. The van der Waals surface area contributed by atoms with Crippen LogP contribution in [0.2, 0.25) is 0 Å². The molecule has 1 aromatic heterocycles. The van der Waals surface area contributed by atoms with Gasteiger partial charge in [-0.15, -0.1) is 0 Å². The smallest absolute Gasteiger partial charge is 0.259 e. The van der Waals surface area contributed by atoms with Gasteiger partial charge in [0, 0.05) is 12.6 Å². The molecule has 0 bridgehead atoms. The van der Waals surface area contributed by atoms with Gasteiger partial charge in [0.2, 0.25) is 0 Å². The topological polar surface area (TPSA) is 68.6 Å². The monoisotopic (exact) mass is 446 g/mol. The first kappa shape index (κ1) is 21.8. The maximum atomic E-state index is 13.7. The normalized spacial score (nSPS) is 24.8. The molecule has 4 atom stereocenters. The van der Waals surface area contributed by atoms with Gasteiger partial charge in [0.15, 0.2) is 6.10 Å². The molecule has 1 fully saturated rings. The Morgan fingerprint density at radius 3 is 2.27 bits per heavy atom. The van der Waals surface area contributed by atoms with Crippen molar-refractivity contribution >= 4 is 11.6 Å². The van der Waals surface area contributed by atoms with Crippen LogP contribution in [0.3, 0.4) is 0 Å². The highest BCUT2D eigenvalue weighted by Gasteiger charge is 2.49. The Morgan fingerprint density at radius 2 is 1.61 bits per heavy atom. The largest absolute Gasteiger partial charge is 0.368 e. The van der Waals surface area contributed by atoms with Crippen molar-refractivity contribution in [3.8, 4) is 0 Å². The molecule has 3 aromatic rings. The number of aromatic nitrogens is 2. The van der Waals surface area contributed by atoms with Gasteiger partial charge in [0.1, 0.15) is 6.10 Å². The van der Waals surface area contributed by atoms with Crippen LogP contribution >= 0.6 is 0 Å². The molecule has 0 unspecified atom stereocenters. The fraction of sp³-hybridized carbons (Fsp3) is 0.385. The summed E-state index contributed by atoms with van der Waals surface area (Å²) in [5, 5.41) is 8.03. The van der Waals surface area contributed by atoms with Crippen molar-refractivity contribution in [2.75, 3.05) is 4.90 Å². The van der Waals surface area contributed by atoms with Crippen molar-refractivity contribution in [2.45, 2.75) is 64.4 Å². The van der Waals surface area contributed by atoms with E-state index in [1.54, 1.807) is 6.20 Å². The predicted octanol–water partition coefficient (Wildman–Crippen LogP) is 3.28. The number of rotatable bonds is 7. The maximum absolute atomic E-state index is 13.7. The number of hydrogen-bond donors (Lipinski definition) is 1. The molecule has 5 rings (SSSR count). The average Bonchev–Trinajstić information content (AvgIpc) is 3.34. The summed E-state index contributed by atoms with van der Waals surface area (Å²) in [5.74, 6) is -0.0779. The molecular weight excluding hydrogens is 416 g/mol. The fourth-order valence-corrected chi connectivity index (χ4v) is 4.67. The molecule has 0 aliphatic carbocycles. The third-order valence-electron chi connectivity index (χ3n) is 6.47. The number of fused-ring (bicyclic) bond motifs is 1. The van der Waals surface area contributed by atoms with Crippen molar-refractivity contribution in [3.05, 3.63) is 83.7 Å². The van der Waals surface area contributed by atoms with Crippen molar-refractivity contribution in [1.82, 2.24) is 15.1 Å². The van der Waals surface area contributed by atoms with Gasteiger partial charge in [-0.05, 0) is 25.0 Å². The lowest BCUT2D eigenvalue weighted by Gasteiger charge is -2.27. The lowest BCUT2D eigenvalue weighted by Crippen LogP contribution is -2.39. The van der Waals surface area contributed by atoms with Gasteiger partial charge in [-0.2, -0.15) is 5.10 Å². The summed E-state index contributed by atoms with van der Waals surface area (Å²) in [6.07, 6.45) is 0.722. The Kier molecular flexibility index (Phi) is 6.26. The van der Waals surface area contributed by atoms with Crippen molar-refractivity contribution < 1.29 is 14.3 Å². The molecule has 2 aromatic carbocycles. The van der Waals surface area contributed by atoms with Crippen LogP contribution in [-0.2, 0) is 40.6 Å². The maximum Gasteiger partial charge on any atom is 0.259 e. The molecule has 0 radical (unpaired) electrons. The number of carbonyl (C=O) groups excluding carboxylic acids is 1. The molecule has 1 amide bonds. The summed E-state index contributed by atoms with van der Waals surface area (Å²) in [5.41, 5.74) is 3.96. The van der Waals surface area contributed by atoms with E-state index in [1.165, 1.54) is 0 Å². The second-order valence-electron chi connectivity index (χ2n) is 8.87. The molecule has 0 spiro atoms. The molecule has 0 saturated carbocycles. The summed E-state index contributed by atoms with van der Waals surface area (Å²) < 4.78 is 14.5. The van der Waals surface area contributed by atoms with E-state index in [4.69, 9.17) is 9.47 Å². The number of ether oxygens (including phenoxy) is 2. The van der Waals surface area contributed by atoms with Gasteiger partial charge < -0.3 is 19.7 Å².